The molecular weight excluding hydrogens is 235 g/mol. The monoisotopic (exact) mass is 248 g/mol. The lowest BCUT2D eigenvalue weighted by Gasteiger charge is -2.02. The molecular formula is C12H13FN4O. The number of nitrogens with zero attached hydrogens (tertiary/aromatic N) is 3. The van der Waals surface area contributed by atoms with Crippen LogP contribution in [0.15, 0.2) is 30.5 Å². The average Bonchev–Trinajstić information content (AvgIpc) is 2.86. The lowest BCUT2D eigenvalue weighted by Crippen LogP contribution is -2.23. The van der Waals surface area contributed by atoms with Gasteiger partial charge in [-0.25, -0.2) is 4.39 Å². The van der Waals surface area contributed by atoms with Crippen LogP contribution in [0.2, 0.25) is 0 Å². The first kappa shape index (κ1) is 12.2. The van der Waals surface area contributed by atoms with E-state index in [1.807, 2.05) is 6.92 Å². The number of carbonyl (C=O) groups excluding carboxylic acids is 1. The van der Waals surface area contributed by atoms with Crippen LogP contribution in [0.5, 0.6) is 0 Å². The van der Waals surface area contributed by atoms with E-state index in [-0.39, 0.29) is 17.4 Å². The average molecular weight is 248 g/mol. The van der Waals surface area contributed by atoms with Crippen LogP contribution in [-0.2, 0) is 13.1 Å². The van der Waals surface area contributed by atoms with Crippen molar-refractivity contribution in [2.75, 3.05) is 0 Å². The summed E-state index contributed by atoms with van der Waals surface area (Å²) in [6, 6.07) is 5.96. The standard InChI is InChI=1S/C12H13FN4O/c1-2-17-15-8-11(16-17)12(18)14-7-9-3-5-10(13)6-4-9/h3-6,8H,2,7H2,1H3,(H,14,18). The Hall–Kier alpha value is -2.24. The molecule has 1 heterocycles. The summed E-state index contributed by atoms with van der Waals surface area (Å²) in [7, 11) is 0. The van der Waals surface area contributed by atoms with Gasteiger partial charge in [0.2, 0.25) is 0 Å². The fraction of sp³-hybridized carbons (Fsp3) is 0.250. The molecule has 0 bridgehead atoms. The zero-order valence-electron chi connectivity index (χ0n) is 9.93. The van der Waals surface area contributed by atoms with Gasteiger partial charge in [-0.05, 0) is 24.6 Å². The van der Waals surface area contributed by atoms with Crippen LogP contribution >= 0.6 is 0 Å². The zero-order valence-corrected chi connectivity index (χ0v) is 9.93. The van der Waals surface area contributed by atoms with Crippen molar-refractivity contribution in [1.82, 2.24) is 20.3 Å². The van der Waals surface area contributed by atoms with Crippen molar-refractivity contribution in [3.8, 4) is 0 Å². The molecule has 0 saturated carbocycles. The summed E-state index contributed by atoms with van der Waals surface area (Å²) >= 11 is 0. The number of aromatic nitrogens is 3. The van der Waals surface area contributed by atoms with E-state index >= 15 is 0 Å². The van der Waals surface area contributed by atoms with Gasteiger partial charge >= 0.3 is 0 Å². The van der Waals surface area contributed by atoms with Gasteiger partial charge in [0, 0.05) is 6.54 Å². The first-order valence-electron chi connectivity index (χ1n) is 5.62. The van der Waals surface area contributed by atoms with Crippen molar-refractivity contribution in [3.63, 3.8) is 0 Å². The number of hydrogen-bond acceptors (Lipinski definition) is 3. The summed E-state index contributed by atoms with van der Waals surface area (Å²) in [6.45, 7) is 2.84. The van der Waals surface area contributed by atoms with Gasteiger partial charge in [0.25, 0.3) is 5.91 Å². The number of hydrogen-bond donors (Lipinski definition) is 1. The Labute approximate surface area is 104 Å². The molecule has 1 aromatic carbocycles. The first-order valence-corrected chi connectivity index (χ1v) is 5.62. The molecule has 5 nitrogen and oxygen atoms in total. The molecule has 1 amide bonds. The quantitative estimate of drug-likeness (QED) is 0.888. The molecule has 1 aromatic heterocycles. The largest absolute Gasteiger partial charge is 0.347 e. The summed E-state index contributed by atoms with van der Waals surface area (Å²) in [6.07, 6.45) is 1.42. The molecule has 0 aliphatic rings. The molecule has 6 heteroatoms. The second-order valence-electron chi connectivity index (χ2n) is 3.73. The van der Waals surface area contributed by atoms with Crippen LogP contribution in [0.25, 0.3) is 0 Å². The maximum atomic E-state index is 12.7. The topological polar surface area (TPSA) is 59.8 Å². The molecule has 18 heavy (non-hydrogen) atoms. The van der Waals surface area contributed by atoms with Gasteiger partial charge in [-0.2, -0.15) is 9.90 Å². The third-order valence-electron chi connectivity index (χ3n) is 2.42. The Morgan fingerprint density at radius 3 is 2.72 bits per heavy atom. The zero-order chi connectivity index (χ0) is 13.0. The van der Waals surface area contributed by atoms with Crippen molar-refractivity contribution in [2.24, 2.45) is 0 Å². The molecule has 1 N–H and O–H groups in total. The second-order valence-corrected chi connectivity index (χ2v) is 3.73. The fourth-order valence-corrected chi connectivity index (χ4v) is 1.43. The van der Waals surface area contributed by atoms with Crippen molar-refractivity contribution in [2.45, 2.75) is 20.0 Å². The van der Waals surface area contributed by atoms with Gasteiger partial charge < -0.3 is 5.32 Å². The molecule has 0 spiro atoms. The Bertz CT molecular complexity index is 535. The highest BCUT2D eigenvalue weighted by Gasteiger charge is 2.09. The smallest absolute Gasteiger partial charge is 0.273 e. The van der Waals surface area contributed by atoms with Gasteiger partial charge in [-0.3, -0.25) is 4.79 Å². The summed E-state index contributed by atoms with van der Waals surface area (Å²) < 4.78 is 12.7. The SMILES string of the molecule is CCn1ncc(C(=O)NCc2ccc(F)cc2)n1. The Morgan fingerprint density at radius 2 is 2.11 bits per heavy atom. The number of benzene rings is 1. The Kier molecular flexibility index (Phi) is 3.66. The molecule has 0 fully saturated rings. The number of aryl methyl sites for hydroxylation is 1. The van der Waals surface area contributed by atoms with Gasteiger partial charge in [0.15, 0.2) is 5.69 Å². The summed E-state index contributed by atoms with van der Waals surface area (Å²) in [5.41, 5.74) is 1.10. The van der Waals surface area contributed by atoms with E-state index in [4.69, 9.17) is 0 Å². The maximum Gasteiger partial charge on any atom is 0.273 e. The van der Waals surface area contributed by atoms with Gasteiger partial charge in [-0.15, -0.1) is 5.10 Å². The number of halogens is 1. The summed E-state index contributed by atoms with van der Waals surface area (Å²) in [4.78, 5) is 13.2. The van der Waals surface area contributed by atoms with Crippen molar-refractivity contribution in [1.29, 1.82) is 0 Å². The number of carbonyl (C=O) groups is 1. The molecule has 0 saturated heterocycles. The molecule has 0 atom stereocenters. The predicted octanol–water partition coefficient (Wildman–Crippen LogP) is 1.37. The molecule has 94 valence electrons. The van der Waals surface area contributed by atoms with Gasteiger partial charge in [-0.1, -0.05) is 12.1 Å². The minimum absolute atomic E-state index is 0.277. The van der Waals surface area contributed by atoms with E-state index in [9.17, 15) is 9.18 Å². The minimum atomic E-state index is -0.295. The van der Waals surface area contributed by atoms with Crippen molar-refractivity contribution < 1.29 is 9.18 Å². The lowest BCUT2D eigenvalue weighted by molar-refractivity contribution is 0.0945. The van der Waals surface area contributed by atoms with Crippen molar-refractivity contribution >= 4 is 5.91 Å². The molecule has 0 unspecified atom stereocenters. The van der Waals surface area contributed by atoms with Crippen LogP contribution in [0, 0.1) is 5.82 Å². The van der Waals surface area contributed by atoms with Crippen LogP contribution in [0.4, 0.5) is 4.39 Å². The second kappa shape index (κ2) is 5.39. The fourth-order valence-electron chi connectivity index (χ4n) is 1.43. The first-order chi connectivity index (χ1) is 8.69. The van der Waals surface area contributed by atoms with E-state index in [1.54, 1.807) is 12.1 Å². The van der Waals surface area contributed by atoms with Crippen molar-refractivity contribution in [3.05, 3.63) is 47.5 Å². The maximum absolute atomic E-state index is 12.7. The summed E-state index contributed by atoms with van der Waals surface area (Å²) in [5.74, 6) is -0.588. The highest BCUT2D eigenvalue weighted by molar-refractivity contribution is 5.91. The molecule has 0 aliphatic carbocycles. The summed E-state index contributed by atoms with van der Waals surface area (Å²) in [5, 5.41) is 10.6. The lowest BCUT2D eigenvalue weighted by atomic mass is 10.2. The third kappa shape index (κ3) is 2.91. The van der Waals surface area contributed by atoms with E-state index in [2.05, 4.69) is 15.5 Å². The Balaban J connectivity index is 1.93. The van der Waals surface area contributed by atoms with Crippen LogP contribution in [0.3, 0.4) is 0 Å². The molecule has 2 aromatic rings. The molecule has 0 radical (unpaired) electrons. The minimum Gasteiger partial charge on any atom is -0.347 e. The van der Waals surface area contributed by atoms with Crippen LogP contribution in [0.1, 0.15) is 23.0 Å². The highest BCUT2D eigenvalue weighted by Crippen LogP contribution is 2.02. The van der Waals surface area contributed by atoms with E-state index < -0.39 is 0 Å². The van der Waals surface area contributed by atoms with Gasteiger partial charge in [0.05, 0.1) is 12.7 Å². The normalized spacial score (nSPS) is 10.3. The van der Waals surface area contributed by atoms with E-state index in [0.717, 1.165) is 5.56 Å². The highest BCUT2D eigenvalue weighted by atomic mass is 19.1. The predicted molar refractivity (Wildman–Crippen MR) is 63.3 cm³/mol. The van der Waals surface area contributed by atoms with E-state index in [1.165, 1.54) is 23.1 Å². The Morgan fingerprint density at radius 1 is 1.39 bits per heavy atom. The van der Waals surface area contributed by atoms with Gasteiger partial charge in [0.1, 0.15) is 5.82 Å². The number of amides is 1. The van der Waals surface area contributed by atoms with Crippen LogP contribution in [-0.4, -0.2) is 20.9 Å². The third-order valence-corrected chi connectivity index (χ3v) is 2.42. The van der Waals surface area contributed by atoms with Crippen LogP contribution < -0.4 is 5.32 Å². The number of nitrogens with one attached hydrogen (secondary N) is 1. The van der Waals surface area contributed by atoms with E-state index in [0.29, 0.717) is 13.1 Å². The molecule has 2 rings (SSSR count). The number of rotatable bonds is 4. The molecule has 0 aliphatic heterocycles.